The van der Waals surface area contributed by atoms with E-state index in [1.165, 1.54) is 0 Å². The number of carbonyl (C=O) groups excluding carboxylic acids is 2. The summed E-state index contributed by atoms with van der Waals surface area (Å²) in [6.07, 6.45) is 0.877. The lowest BCUT2D eigenvalue weighted by Crippen LogP contribution is -2.09. The molecule has 1 aromatic rings. The fraction of sp³-hybridized carbons (Fsp3) is 0.333. The third-order valence-electron chi connectivity index (χ3n) is 2.61. The van der Waals surface area contributed by atoms with Gasteiger partial charge in [0.2, 0.25) is 5.76 Å². The van der Waals surface area contributed by atoms with Crippen LogP contribution in [0.4, 0.5) is 0 Å². The third kappa shape index (κ3) is 4.25. The van der Waals surface area contributed by atoms with E-state index in [-0.39, 0.29) is 6.61 Å². The number of aliphatic hydroxyl groups is 1. The van der Waals surface area contributed by atoms with Crippen molar-refractivity contribution < 1.29 is 19.4 Å². The van der Waals surface area contributed by atoms with Crippen LogP contribution in [0.3, 0.4) is 0 Å². The average molecular weight is 262 g/mol. The molecule has 102 valence electrons. The van der Waals surface area contributed by atoms with E-state index in [1.54, 1.807) is 19.1 Å². The first-order valence-electron chi connectivity index (χ1n) is 6.17. The van der Waals surface area contributed by atoms with Crippen molar-refractivity contribution in [2.24, 2.45) is 0 Å². The Morgan fingerprint density at radius 1 is 1.26 bits per heavy atom. The summed E-state index contributed by atoms with van der Waals surface area (Å²) in [6.45, 7) is 5.89. The highest BCUT2D eigenvalue weighted by Crippen LogP contribution is 2.15. The largest absolute Gasteiger partial charge is 0.502 e. The van der Waals surface area contributed by atoms with E-state index >= 15 is 0 Å². The Kier molecular flexibility index (Phi) is 5.30. The molecule has 0 unspecified atom stereocenters. The fourth-order valence-electron chi connectivity index (χ4n) is 1.50. The molecule has 1 rings (SSSR count). The molecule has 4 heteroatoms. The molecule has 19 heavy (non-hydrogen) atoms. The predicted molar refractivity (Wildman–Crippen MR) is 72.2 cm³/mol. The second-order valence-electron chi connectivity index (χ2n) is 4.39. The number of rotatable bonds is 5. The molecule has 0 bridgehead atoms. The smallest absolute Gasteiger partial charge is 0.373 e. The van der Waals surface area contributed by atoms with Gasteiger partial charge in [-0.1, -0.05) is 38.1 Å². The zero-order chi connectivity index (χ0) is 14.4. The first kappa shape index (κ1) is 15.0. The van der Waals surface area contributed by atoms with Gasteiger partial charge in [0.25, 0.3) is 0 Å². The molecule has 0 aliphatic heterocycles. The Hall–Kier alpha value is -2.10. The Labute approximate surface area is 112 Å². The molecule has 1 N–H and O–H groups in total. The molecule has 4 nitrogen and oxygen atoms in total. The number of ether oxygens (including phenoxy) is 1. The van der Waals surface area contributed by atoms with Crippen molar-refractivity contribution in [3.05, 3.63) is 47.2 Å². The molecule has 0 amide bonds. The third-order valence-corrected chi connectivity index (χ3v) is 2.61. The first-order valence-corrected chi connectivity index (χ1v) is 6.17. The standard InChI is InChI=1S/C15H18O4/c1-4-19-15(18)14(17)9-13(16)12-7-5-11(6-8-12)10(2)3/h5-10,17H,4H2,1-3H3. The molecular weight excluding hydrogens is 244 g/mol. The Bertz CT molecular complexity index is 483. The summed E-state index contributed by atoms with van der Waals surface area (Å²) in [7, 11) is 0. The Balaban J connectivity index is 2.83. The maximum absolute atomic E-state index is 11.8. The molecule has 0 radical (unpaired) electrons. The predicted octanol–water partition coefficient (Wildman–Crippen LogP) is 3.00. The van der Waals surface area contributed by atoms with E-state index in [1.807, 2.05) is 12.1 Å². The summed E-state index contributed by atoms with van der Waals surface area (Å²) in [6, 6.07) is 7.06. The highest BCUT2D eigenvalue weighted by molar-refractivity contribution is 6.07. The van der Waals surface area contributed by atoms with Gasteiger partial charge in [-0.3, -0.25) is 4.79 Å². The van der Waals surface area contributed by atoms with Crippen molar-refractivity contribution in [2.45, 2.75) is 26.7 Å². The highest BCUT2D eigenvalue weighted by atomic mass is 16.5. The number of hydrogen-bond acceptors (Lipinski definition) is 4. The topological polar surface area (TPSA) is 63.6 Å². The lowest BCUT2D eigenvalue weighted by Gasteiger charge is -2.05. The van der Waals surface area contributed by atoms with Gasteiger partial charge in [-0.15, -0.1) is 0 Å². The van der Waals surface area contributed by atoms with Crippen LogP contribution in [0.5, 0.6) is 0 Å². The molecule has 0 aliphatic rings. The minimum atomic E-state index is -0.894. The van der Waals surface area contributed by atoms with Gasteiger partial charge in [-0.05, 0) is 18.4 Å². The fourth-order valence-corrected chi connectivity index (χ4v) is 1.50. The number of benzene rings is 1. The summed E-state index contributed by atoms with van der Waals surface area (Å²) in [5.41, 5.74) is 1.54. The van der Waals surface area contributed by atoms with E-state index in [4.69, 9.17) is 0 Å². The van der Waals surface area contributed by atoms with E-state index < -0.39 is 17.5 Å². The van der Waals surface area contributed by atoms with Gasteiger partial charge in [0.15, 0.2) is 5.78 Å². The van der Waals surface area contributed by atoms with E-state index in [0.717, 1.165) is 11.6 Å². The average Bonchev–Trinajstić information content (AvgIpc) is 2.38. The van der Waals surface area contributed by atoms with Gasteiger partial charge in [-0.2, -0.15) is 0 Å². The molecule has 0 aromatic heterocycles. The van der Waals surface area contributed by atoms with Gasteiger partial charge in [-0.25, -0.2) is 4.79 Å². The molecule has 0 heterocycles. The SMILES string of the molecule is CCOC(=O)C(O)=CC(=O)c1ccc(C(C)C)cc1. The van der Waals surface area contributed by atoms with Crippen LogP contribution in [0.25, 0.3) is 0 Å². The summed E-state index contributed by atoms with van der Waals surface area (Å²) in [4.78, 5) is 23.0. The van der Waals surface area contributed by atoms with Gasteiger partial charge in [0.1, 0.15) is 0 Å². The van der Waals surface area contributed by atoms with Crippen molar-refractivity contribution in [3.8, 4) is 0 Å². The molecule has 0 atom stereocenters. The quantitative estimate of drug-likeness (QED) is 0.383. The maximum atomic E-state index is 11.8. The summed E-state index contributed by atoms with van der Waals surface area (Å²) < 4.78 is 4.58. The van der Waals surface area contributed by atoms with Gasteiger partial charge >= 0.3 is 5.97 Å². The lowest BCUT2D eigenvalue weighted by molar-refractivity contribution is -0.141. The Morgan fingerprint density at radius 2 is 1.84 bits per heavy atom. The molecule has 0 fully saturated rings. The molecule has 0 spiro atoms. The van der Waals surface area contributed by atoms with Crippen molar-refractivity contribution in [2.75, 3.05) is 6.61 Å². The van der Waals surface area contributed by atoms with Gasteiger partial charge in [0, 0.05) is 11.6 Å². The highest BCUT2D eigenvalue weighted by Gasteiger charge is 2.12. The van der Waals surface area contributed by atoms with Crippen molar-refractivity contribution in [3.63, 3.8) is 0 Å². The van der Waals surface area contributed by atoms with Crippen LogP contribution in [0, 0.1) is 0 Å². The first-order chi connectivity index (χ1) is 8.95. The monoisotopic (exact) mass is 262 g/mol. The van der Waals surface area contributed by atoms with E-state index in [9.17, 15) is 14.7 Å². The minimum Gasteiger partial charge on any atom is -0.502 e. The van der Waals surface area contributed by atoms with Crippen LogP contribution in [0.1, 0.15) is 42.6 Å². The maximum Gasteiger partial charge on any atom is 0.373 e. The van der Waals surface area contributed by atoms with Crippen molar-refractivity contribution in [1.29, 1.82) is 0 Å². The zero-order valence-electron chi connectivity index (χ0n) is 11.3. The van der Waals surface area contributed by atoms with Crippen LogP contribution in [0.2, 0.25) is 0 Å². The van der Waals surface area contributed by atoms with E-state index in [0.29, 0.717) is 11.5 Å². The molecule has 0 aliphatic carbocycles. The number of carbonyl (C=O) groups is 2. The number of esters is 1. The summed E-state index contributed by atoms with van der Waals surface area (Å²) >= 11 is 0. The van der Waals surface area contributed by atoms with Gasteiger partial charge < -0.3 is 9.84 Å². The van der Waals surface area contributed by atoms with Crippen LogP contribution in [-0.2, 0) is 9.53 Å². The number of hydrogen-bond donors (Lipinski definition) is 1. The normalized spacial score (nSPS) is 11.5. The Morgan fingerprint density at radius 3 is 2.32 bits per heavy atom. The number of ketones is 1. The lowest BCUT2D eigenvalue weighted by atomic mass is 10.0. The zero-order valence-corrected chi connectivity index (χ0v) is 11.3. The van der Waals surface area contributed by atoms with Crippen LogP contribution >= 0.6 is 0 Å². The van der Waals surface area contributed by atoms with Crippen LogP contribution < -0.4 is 0 Å². The summed E-state index contributed by atoms with van der Waals surface area (Å²) in [5, 5.41) is 9.39. The summed E-state index contributed by atoms with van der Waals surface area (Å²) in [5.74, 6) is -1.62. The molecule has 0 saturated heterocycles. The van der Waals surface area contributed by atoms with E-state index in [2.05, 4.69) is 18.6 Å². The molecule has 0 saturated carbocycles. The van der Waals surface area contributed by atoms with Crippen molar-refractivity contribution in [1.82, 2.24) is 0 Å². The van der Waals surface area contributed by atoms with Crippen molar-refractivity contribution >= 4 is 11.8 Å². The molecule has 1 aromatic carbocycles. The second-order valence-corrected chi connectivity index (χ2v) is 4.39. The second kappa shape index (κ2) is 6.73. The minimum absolute atomic E-state index is 0.147. The van der Waals surface area contributed by atoms with Gasteiger partial charge in [0.05, 0.1) is 6.61 Å². The molecular formula is C15H18O4. The number of aliphatic hydroxyl groups excluding tert-OH is 1. The van der Waals surface area contributed by atoms with Crippen LogP contribution in [-0.4, -0.2) is 23.5 Å². The number of allylic oxidation sites excluding steroid dienone is 1. The van der Waals surface area contributed by atoms with Crippen LogP contribution in [0.15, 0.2) is 36.1 Å².